The molecule has 13 atom stereocenters. The highest BCUT2D eigenvalue weighted by molar-refractivity contribution is 5.85. The zero-order valence-corrected chi connectivity index (χ0v) is 22.3. The van der Waals surface area contributed by atoms with E-state index in [1.54, 1.807) is 13.0 Å². The molecule has 4 N–H and O–H groups in total. The van der Waals surface area contributed by atoms with E-state index >= 15 is 0 Å². The predicted molar refractivity (Wildman–Crippen MR) is 133 cm³/mol. The molecular formula is C29H42O9. The summed E-state index contributed by atoms with van der Waals surface area (Å²) in [4.78, 5) is 24.7. The Morgan fingerprint density at radius 2 is 1.79 bits per heavy atom. The average molecular weight is 535 g/mol. The Morgan fingerprint density at radius 1 is 1.00 bits per heavy atom. The highest BCUT2D eigenvalue weighted by atomic mass is 16.7. The van der Waals surface area contributed by atoms with Crippen LogP contribution in [-0.4, -0.2) is 81.7 Å². The van der Waals surface area contributed by atoms with E-state index in [4.69, 9.17) is 14.2 Å². The third-order valence-electron chi connectivity index (χ3n) is 11.9. The molecule has 4 aliphatic carbocycles. The SMILES string of the molecule is C[C@H]1O[C@@H](O[C@H]2CC[C@@]3(C=O)[C@H](CC[C@@H]4[C@@H]3CC[C@]3(C)[C@@H](C5=CC(=O)OC5)CC[C@]43O)C2)[C@H](O)[C@H](O)[C@H]1O. The molecular weight excluding hydrogens is 492 g/mol. The lowest BCUT2D eigenvalue weighted by molar-refractivity contribution is -0.309. The fraction of sp³-hybridized carbons (Fsp3) is 0.862. The van der Waals surface area contributed by atoms with Gasteiger partial charge in [0, 0.05) is 16.9 Å². The highest BCUT2D eigenvalue weighted by Crippen LogP contribution is 2.69. The normalized spacial score (nSPS) is 54.4. The second-order valence-corrected chi connectivity index (χ2v) is 13.2. The monoisotopic (exact) mass is 534 g/mol. The molecule has 0 aromatic carbocycles. The van der Waals surface area contributed by atoms with Crippen molar-refractivity contribution in [1.29, 1.82) is 0 Å². The predicted octanol–water partition coefficient (Wildman–Crippen LogP) is 1.64. The van der Waals surface area contributed by atoms with Crippen LogP contribution in [0, 0.1) is 34.5 Å². The first kappa shape index (κ1) is 26.8. The first-order valence-electron chi connectivity index (χ1n) is 14.4. The molecule has 6 rings (SSSR count). The largest absolute Gasteiger partial charge is 0.458 e. The Balaban J connectivity index is 1.19. The van der Waals surface area contributed by atoms with Crippen molar-refractivity contribution in [2.75, 3.05) is 6.61 Å². The van der Waals surface area contributed by atoms with Crippen LogP contribution in [0.4, 0.5) is 0 Å². The summed E-state index contributed by atoms with van der Waals surface area (Å²) < 4.78 is 17.0. The summed E-state index contributed by atoms with van der Waals surface area (Å²) in [6, 6.07) is 0. The van der Waals surface area contributed by atoms with Gasteiger partial charge in [0.15, 0.2) is 6.29 Å². The minimum atomic E-state index is -1.34. The maximum absolute atomic E-state index is 12.9. The summed E-state index contributed by atoms with van der Waals surface area (Å²) in [5, 5.41) is 42.9. The Kier molecular flexibility index (Phi) is 6.60. The number of hydrogen-bond acceptors (Lipinski definition) is 9. The maximum atomic E-state index is 12.9. The van der Waals surface area contributed by atoms with Gasteiger partial charge in [0.05, 0.1) is 17.8 Å². The van der Waals surface area contributed by atoms with Gasteiger partial charge in [-0.25, -0.2) is 4.79 Å². The first-order chi connectivity index (χ1) is 18.0. The fourth-order valence-electron chi connectivity index (χ4n) is 9.73. The topological polar surface area (TPSA) is 143 Å². The van der Waals surface area contributed by atoms with E-state index in [9.17, 15) is 30.0 Å². The van der Waals surface area contributed by atoms with Gasteiger partial charge in [-0.05, 0) is 94.0 Å². The lowest BCUT2D eigenvalue weighted by Crippen LogP contribution is -2.63. The second-order valence-electron chi connectivity index (χ2n) is 13.2. The van der Waals surface area contributed by atoms with E-state index < -0.39 is 41.7 Å². The van der Waals surface area contributed by atoms with Gasteiger partial charge in [0.1, 0.15) is 31.2 Å². The maximum Gasteiger partial charge on any atom is 0.331 e. The number of cyclic esters (lactones) is 1. The second kappa shape index (κ2) is 9.35. The summed E-state index contributed by atoms with van der Waals surface area (Å²) >= 11 is 0. The molecule has 0 radical (unpaired) electrons. The van der Waals surface area contributed by atoms with E-state index in [0.717, 1.165) is 37.7 Å². The van der Waals surface area contributed by atoms with E-state index in [-0.39, 0.29) is 41.2 Å². The Morgan fingerprint density at radius 3 is 2.50 bits per heavy atom. The van der Waals surface area contributed by atoms with Crippen LogP contribution in [0.25, 0.3) is 0 Å². The van der Waals surface area contributed by atoms with Crippen molar-refractivity contribution in [2.45, 2.75) is 114 Å². The number of hydrogen-bond donors (Lipinski definition) is 4. The van der Waals surface area contributed by atoms with Crippen molar-refractivity contribution in [3.63, 3.8) is 0 Å². The van der Waals surface area contributed by atoms with Crippen LogP contribution >= 0.6 is 0 Å². The van der Waals surface area contributed by atoms with Gasteiger partial charge >= 0.3 is 5.97 Å². The molecule has 0 aromatic heterocycles. The molecule has 1 saturated heterocycles. The van der Waals surface area contributed by atoms with Crippen LogP contribution in [0.5, 0.6) is 0 Å². The van der Waals surface area contributed by atoms with Gasteiger partial charge < -0.3 is 39.4 Å². The molecule has 2 aliphatic heterocycles. The molecule has 0 spiro atoms. The lowest BCUT2D eigenvalue weighted by atomic mass is 9.43. The molecule has 38 heavy (non-hydrogen) atoms. The van der Waals surface area contributed by atoms with Crippen molar-refractivity contribution in [2.24, 2.45) is 34.5 Å². The highest BCUT2D eigenvalue weighted by Gasteiger charge is 2.68. The van der Waals surface area contributed by atoms with Crippen LogP contribution in [0.1, 0.15) is 71.6 Å². The number of aliphatic hydroxyl groups is 4. The quantitative estimate of drug-likeness (QED) is 0.240. The number of aliphatic hydroxyl groups excluding tert-OH is 3. The first-order valence-corrected chi connectivity index (χ1v) is 14.4. The van der Waals surface area contributed by atoms with Gasteiger partial charge in [-0.15, -0.1) is 0 Å². The Bertz CT molecular complexity index is 999. The van der Waals surface area contributed by atoms with E-state index in [1.165, 1.54) is 6.29 Å². The third-order valence-corrected chi connectivity index (χ3v) is 11.9. The van der Waals surface area contributed by atoms with Crippen molar-refractivity contribution in [1.82, 2.24) is 0 Å². The molecule has 6 aliphatic rings. The number of carbonyl (C=O) groups excluding carboxylic acids is 2. The van der Waals surface area contributed by atoms with Crippen LogP contribution in [0.2, 0.25) is 0 Å². The Hall–Kier alpha value is -1.36. The lowest BCUT2D eigenvalue weighted by Gasteiger charge is -2.63. The van der Waals surface area contributed by atoms with Crippen molar-refractivity contribution in [3.05, 3.63) is 11.6 Å². The van der Waals surface area contributed by atoms with Crippen LogP contribution in [0.15, 0.2) is 11.6 Å². The summed E-state index contributed by atoms with van der Waals surface area (Å²) in [6.07, 6.45) is 3.80. The zero-order chi connectivity index (χ0) is 27.0. The number of carbonyl (C=O) groups is 2. The molecule has 5 fully saturated rings. The summed E-state index contributed by atoms with van der Waals surface area (Å²) in [6.45, 7) is 4.13. The number of rotatable bonds is 4. The average Bonchev–Trinajstić information content (AvgIpc) is 3.45. The number of fused-ring (bicyclic) bond motifs is 5. The fourth-order valence-corrected chi connectivity index (χ4v) is 9.73. The molecule has 0 unspecified atom stereocenters. The third kappa shape index (κ3) is 3.72. The van der Waals surface area contributed by atoms with E-state index in [1.807, 2.05) is 0 Å². The number of esters is 1. The Labute approximate surface area is 223 Å². The molecule has 4 saturated carbocycles. The van der Waals surface area contributed by atoms with Crippen molar-refractivity contribution >= 4 is 12.3 Å². The van der Waals surface area contributed by atoms with Gasteiger partial charge in [-0.3, -0.25) is 0 Å². The zero-order valence-electron chi connectivity index (χ0n) is 22.3. The van der Waals surface area contributed by atoms with Crippen molar-refractivity contribution < 1.29 is 44.2 Å². The van der Waals surface area contributed by atoms with E-state index in [0.29, 0.717) is 32.3 Å². The molecule has 9 nitrogen and oxygen atoms in total. The number of aldehydes is 1. The molecule has 2 heterocycles. The smallest absolute Gasteiger partial charge is 0.331 e. The number of ether oxygens (including phenoxy) is 3. The van der Waals surface area contributed by atoms with E-state index in [2.05, 4.69) is 6.92 Å². The van der Waals surface area contributed by atoms with Crippen LogP contribution in [0.3, 0.4) is 0 Å². The molecule has 212 valence electrons. The minimum absolute atomic E-state index is 0.0322. The molecule has 9 heteroatoms. The summed E-state index contributed by atoms with van der Waals surface area (Å²) in [5.41, 5.74) is -0.739. The van der Waals surface area contributed by atoms with Crippen molar-refractivity contribution in [3.8, 4) is 0 Å². The molecule has 0 bridgehead atoms. The standard InChI is InChI=1S/C29H42O9/c1-15-23(32)24(33)25(34)26(37-15)38-18-5-9-28(14-30)17(12-18)3-4-21-20(28)6-8-27(2)19(7-10-29(21,27)35)16-11-22(31)36-13-16/h11,14-15,17-21,23-26,32-35H,3-10,12-13H2,1-2H3/t15-,17-,18+,19-,20+,21-,23+,24-,25-,26+,27-,28-,29+/m1/s1. The van der Waals surface area contributed by atoms with Gasteiger partial charge in [0.25, 0.3) is 0 Å². The molecule has 0 amide bonds. The van der Waals surface area contributed by atoms with Crippen LogP contribution in [-0.2, 0) is 23.8 Å². The minimum Gasteiger partial charge on any atom is -0.458 e. The van der Waals surface area contributed by atoms with Gasteiger partial charge in [0.2, 0.25) is 0 Å². The van der Waals surface area contributed by atoms with Crippen LogP contribution < -0.4 is 0 Å². The summed E-state index contributed by atoms with van der Waals surface area (Å²) in [5.74, 6) is 0.0678. The molecule has 0 aromatic rings. The van der Waals surface area contributed by atoms with Gasteiger partial charge in [-0.1, -0.05) is 6.92 Å². The summed E-state index contributed by atoms with van der Waals surface area (Å²) in [7, 11) is 0. The van der Waals surface area contributed by atoms with Gasteiger partial charge in [-0.2, -0.15) is 0 Å².